The van der Waals surface area contributed by atoms with Gasteiger partial charge in [0.25, 0.3) is 0 Å². The molecule has 4 heteroatoms. The minimum atomic E-state index is 0.275. The molecule has 1 saturated carbocycles. The van der Waals surface area contributed by atoms with Crippen LogP contribution in [-0.2, 0) is 4.74 Å². The number of halogens is 1. The van der Waals surface area contributed by atoms with Crippen LogP contribution in [0.5, 0.6) is 5.75 Å². The smallest absolute Gasteiger partial charge is 0.189 e. The summed E-state index contributed by atoms with van der Waals surface area (Å²) in [5, 5.41) is 3.80. The van der Waals surface area contributed by atoms with Crippen molar-refractivity contribution < 1.29 is 9.47 Å². The topological polar surface area (TPSA) is 30.5 Å². The summed E-state index contributed by atoms with van der Waals surface area (Å²) in [5.41, 5.74) is 1.15. The third kappa shape index (κ3) is 3.87. The van der Waals surface area contributed by atoms with Gasteiger partial charge in [-0.2, -0.15) is 0 Å². The van der Waals surface area contributed by atoms with E-state index in [2.05, 4.69) is 12.2 Å². The lowest BCUT2D eigenvalue weighted by Gasteiger charge is -2.13. The highest BCUT2D eigenvalue weighted by Crippen LogP contribution is 2.30. The zero-order chi connectivity index (χ0) is 13.0. The molecular formula is C14H20ClNO2. The van der Waals surface area contributed by atoms with E-state index in [4.69, 9.17) is 21.1 Å². The minimum absolute atomic E-state index is 0.275. The monoisotopic (exact) mass is 269 g/mol. The molecule has 0 bridgehead atoms. The molecule has 18 heavy (non-hydrogen) atoms. The van der Waals surface area contributed by atoms with Crippen LogP contribution in [0.1, 0.15) is 31.4 Å². The molecule has 1 atom stereocenters. The van der Waals surface area contributed by atoms with E-state index in [-0.39, 0.29) is 12.8 Å². The fourth-order valence-electron chi connectivity index (χ4n) is 1.67. The molecule has 1 aromatic rings. The van der Waals surface area contributed by atoms with E-state index < -0.39 is 0 Å². The largest absolute Gasteiger partial charge is 0.466 e. The van der Waals surface area contributed by atoms with E-state index >= 15 is 0 Å². The fraction of sp³-hybridized carbons (Fsp3) is 0.571. The summed E-state index contributed by atoms with van der Waals surface area (Å²) >= 11 is 6.18. The summed E-state index contributed by atoms with van der Waals surface area (Å²) in [4.78, 5) is 0. The molecule has 0 aliphatic heterocycles. The van der Waals surface area contributed by atoms with Gasteiger partial charge in [-0.25, -0.2) is 0 Å². The summed E-state index contributed by atoms with van der Waals surface area (Å²) in [7, 11) is 1.93. The van der Waals surface area contributed by atoms with Crippen molar-refractivity contribution in [3.05, 3.63) is 28.8 Å². The van der Waals surface area contributed by atoms with E-state index in [0.717, 1.165) is 18.1 Å². The van der Waals surface area contributed by atoms with Gasteiger partial charge in [0, 0.05) is 6.04 Å². The molecule has 0 saturated heterocycles. The molecule has 0 heterocycles. The highest BCUT2D eigenvalue weighted by molar-refractivity contribution is 6.32. The Bertz CT molecular complexity index is 393. The maximum Gasteiger partial charge on any atom is 0.189 e. The lowest BCUT2D eigenvalue weighted by molar-refractivity contribution is 0.0100. The summed E-state index contributed by atoms with van der Waals surface area (Å²) in [6.45, 7) is 3.16. The molecule has 0 amide bonds. The van der Waals surface area contributed by atoms with Crippen molar-refractivity contribution in [3.63, 3.8) is 0 Å². The van der Waals surface area contributed by atoms with Crippen molar-refractivity contribution in [2.45, 2.75) is 25.8 Å². The zero-order valence-electron chi connectivity index (χ0n) is 10.9. The molecule has 100 valence electrons. The summed E-state index contributed by atoms with van der Waals surface area (Å²) in [5.74, 6) is 1.43. The maximum absolute atomic E-state index is 6.18. The zero-order valence-corrected chi connectivity index (χ0v) is 11.7. The third-order valence-corrected chi connectivity index (χ3v) is 3.53. The van der Waals surface area contributed by atoms with Gasteiger partial charge in [0.05, 0.1) is 11.6 Å². The van der Waals surface area contributed by atoms with Crippen LogP contribution in [0.15, 0.2) is 18.2 Å². The van der Waals surface area contributed by atoms with E-state index in [9.17, 15) is 0 Å². The number of nitrogens with one attached hydrogen (secondary N) is 1. The number of hydrogen-bond donors (Lipinski definition) is 1. The Morgan fingerprint density at radius 2 is 2.22 bits per heavy atom. The normalized spacial score (nSPS) is 16.6. The standard InChI is InChI=1S/C14H20ClNO2/c1-10(16-2)12-5-6-14(13(15)7-12)18-9-17-8-11-3-4-11/h5-7,10-11,16H,3-4,8-9H2,1-2H3. The number of benzene rings is 1. The van der Waals surface area contributed by atoms with Gasteiger partial charge in [0.2, 0.25) is 0 Å². The maximum atomic E-state index is 6.18. The molecule has 0 aromatic heterocycles. The van der Waals surface area contributed by atoms with Crippen LogP contribution >= 0.6 is 11.6 Å². The number of rotatable bonds is 7. The van der Waals surface area contributed by atoms with Crippen LogP contribution in [0, 0.1) is 5.92 Å². The predicted molar refractivity (Wildman–Crippen MR) is 73.1 cm³/mol. The molecule has 1 unspecified atom stereocenters. The highest BCUT2D eigenvalue weighted by atomic mass is 35.5. The Kier molecular flexibility index (Phi) is 4.87. The van der Waals surface area contributed by atoms with Gasteiger partial charge in [0.1, 0.15) is 5.75 Å². The van der Waals surface area contributed by atoms with Crippen molar-refractivity contribution in [1.82, 2.24) is 5.32 Å². The molecule has 0 radical (unpaired) electrons. The van der Waals surface area contributed by atoms with Gasteiger partial charge < -0.3 is 14.8 Å². The van der Waals surface area contributed by atoms with E-state index in [1.165, 1.54) is 12.8 Å². The number of hydrogen-bond acceptors (Lipinski definition) is 3. The van der Waals surface area contributed by atoms with Crippen molar-refractivity contribution in [2.75, 3.05) is 20.4 Å². The first-order valence-electron chi connectivity index (χ1n) is 6.38. The summed E-state index contributed by atoms with van der Waals surface area (Å²) in [6, 6.07) is 6.12. The fourth-order valence-corrected chi connectivity index (χ4v) is 1.92. The van der Waals surface area contributed by atoms with E-state index in [1.807, 2.05) is 25.2 Å². The molecule has 1 N–H and O–H groups in total. The van der Waals surface area contributed by atoms with Crippen molar-refractivity contribution >= 4 is 11.6 Å². The quantitative estimate of drug-likeness (QED) is 0.608. The Hall–Kier alpha value is -0.770. The molecule has 2 rings (SSSR count). The van der Waals surface area contributed by atoms with Crippen molar-refractivity contribution in [2.24, 2.45) is 5.92 Å². The second-order valence-electron chi connectivity index (χ2n) is 4.78. The summed E-state index contributed by atoms with van der Waals surface area (Å²) < 4.78 is 10.9. The Morgan fingerprint density at radius 3 is 2.83 bits per heavy atom. The van der Waals surface area contributed by atoms with Gasteiger partial charge in [0.15, 0.2) is 6.79 Å². The first-order valence-corrected chi connectivity index (χ1v) is 6.75. The number of ether oxygens (including phenoxy) is 2. The van der Waals surface area contributed by atoms with E-state index in [0.29, 0.717) is 10.8 Å². The van der Waals surface area contributed by atoms with Gasteiger partial charge in [-0.3, -0.25) is 0 Å². The minimum Gasteiger partial charge on any atom is -0.466 e. The average Bonchev–Trinajstić information content (AvgIpc) is 3.19. The molecule has 3 nitrogen and oxygen atoms in total. The first kappa shape index (κ1) is 13.7. The van der Waals surface area contributed by atoms with Crippen LogP contribution in [0.2, 0.25) is 5.02 Å². The molecule has 1 fully saturated rings. The van der Waals surface area contributed by atoms with Gasteiger partial charge in [-0.1, -0.05) is 17.7 Å². The second-order valence-corrected chi connectivity index (χ2v) is 5.18. The van der Waals surface area contributed by atoms with Gasteiger partial charge in [-0.05, 0) is 50.4 Å². The van der Waals surface area contributed by atoms with Crippen LogP contribution in [-0.4, -0.2) is 20.4 Å². The van der Waals surface area contributed by atoms with Crippen molar-refractivity contribution in [1.29, 1.82) is 0 Å². The van der Waals surface area contributed by atoms with E-state index in [1.54, 1.807) is 0 Å². The second kappa shape index (κ2) is 6.41. The van der Waals surface area contributed by atoms with Crippen LogP contribution in [0.4, 0.5) is 0 Å². The Balaban J connectivity index is 1.83. The predicted octanol–water partition coefficient (Wildman–Crippen LogP) is 3.38. The van der Waals surface area contributed by atoms with Crippen LogP contribution < -0.4 is 10.1 Å². The Morgan fingerprint density at radius 1 is 1.44 bits per heavy atom. The van der Waals surface area contributed by atoms with Crippen LogP contribution in [0.25, 0.3) is 0 Å². The highest BCUT2D eigenvalue weighted by Gasteiger charge is 2.21. The van der Waals surface area contributed by atoms with Gasteiger partial charge >= 0.3 is 0 Å². The van der Waals surface area contributed by atoms with Crippen LogP contribution in [0.3, 0.4) is 0 Å². The Labute approximate surface area is 113 Å². The lowest BCUT2D eigenvalue weighted by Crippen LogP contribution is -2.12. The molecule has 1 aromatic carbocycles. The third-order valence-electron chi connectivity index (χ3n) is 3.24. The SMILES string of the molecule is CNC(C)c1ccc(OCOCC2CC2)c(Cl)c1. The average molecular weight is 270 g/mol. The first-order chi connectivity index (χ1) is 8.70. The van der Waals surface area contributed by atoms with Crippen molar-refractivity contribution in [3.8, 4) is 5.75 Å². The van der Waals surface area contributed by atoms with Gasteiger partial charge in [-0.15, -0.1) is 0 Å². The lowest BCUT2D eigenvalue weighted by atomic mass is 10.1. The molecule has 1 aliphatic carbocycles. The molecule has 0 spiro atoms. The summed E-state index contributed by atoms with van der Waals surface area (Å²) in [6.07, 6.45) is 2.58. The molecule has 1 aliphatic rings. The molecular weight excluding hydrogens is 250 g/mol.